The molecule has 1 amide bonds. The van der Waals surface area contributed by atoms with E-state index in [2.05, 4.69) is 10.1 Å². The van der Waals surface area contributed by atoms with Crippen LogP contribution >= 0.6 is 0 Å². The van der Waals surface area contributed by atoms with Crippen LogP contribution in [0.4, 0.5) is 13.2 Å². The summed E-state index contributed by atoms with van der Waals surface area (Å²) in [4.78, 5) is 19.5. The molecule has 0 bridgehead atoms. The molecule has 30 heavy (non-hydrogen) atoms. The lowest BCUT2D eigenvalue weighted by atomic mass is 10.0. The first-order chi connectivity index (χ1) is 14.3. The highest BCUT2D eigenvalue weighted by molar-refractivity contribution is 6.00. The van der Waals surface area contributed by atoms with Crippen LogP contribution in [-0.4, -0.2) is 37.5 Å². The van der Waals surface area contributed by atoms with Gasteiger partial charge in [-0.15, -0.1) is 0 Å². The molecule has 1 saturated heterocycles. The van der Waals surface area contributed by atoms with Gasteiger partial charge < -0.3 is 4.90 Å². The predicted molar refractivity (Wildman–Crippen MR) is 106 cm³/mol. The molecule has 3 heterocycles. The number of likely N-dealkylation sites (tertiary alicyclic amines) is 1. The molecule has 2 aromatic heterocycles. The summed E-state index contributed by atoms with van der Waals surface area (Å²) >= 11 is 0. The minimum absolute atomic E-state index is 0.0203. The second-order valence-electron chi connectivity index (χ2n) is 7.87. The molecule has 1 aliphatic heterocycles. The van der Waals surface area contributed by atoms with Gasteiger partial charge in [0.05, 0.1) is 6.20 Å². The molecule has 0 N–H and O–H groups in total. The van der Waals surface area contributed by atoms with Crippen LogP contribution in [0.15, 0.2) is 36.5 Å². The number of fused-ring (bicyclic) bond motifs is 1. The van der Waals surface area contributed by atoms with Crippen molar-refractivity contribution in [1.82, 2.24) is 19.5 Å². The van der Waals surface area contributed by atoms with Crippen LogP contribution in [-0.2, 0) is 6.42 Å². The van der Waals surface area contributed by atoms with Gasteiger partial charge in [0.2, 0.25) is 0 Å². The Kier molecular flexibility index (Phi) is 5.49. The monoisotopic (exact) mass is 416 g/mol. The van der Waals surface area contributed by atoms with Crippen LogP contribution in [0.25, 0.3) is 5.65 Å². The van der Waals surface area contributed by atoms with Gasteiger partial charge >= 0.3 is 0 Å². The topological polar surface area (TPSA) is 50.5 Å². The van der Waals surface area contributed by atoms with Gasteiger partial charge in [0.15, 0.2) is 5.65 Å². The van der Waals surface area contributed by atoms with Gasteiger partial charge in [-0.1, -0.05) is 12.1 Å². The Hall–Kier alpha value is -2.90. The third-order valence-electron chi connectivity index (χ3n) is 5.78. The summed E-state index contributed by atoms with van der Waals surface area (Å²) in [7, 11) is 0. The standard InChI is InChI=1S/C22H23F3N4O/c1-13-11-19(20(24)25)29-21(27-13)18(12-26-29)22(30)28-14(2)3-9-17(28)10-6-15-4-7-16(23)8-5-15/h4-5,7-8,11-12,14,17,20H,3,6,9-10H2,1-2H3/t14-,17-/m1/s1. The molecular formula is C22H23F3N4O. The number of aromatic nitrogens is 3. The number of alkyl halides is 2. The Labute approximate surface area is 172 Å². The van der Waals surface area contributed by atoms with Gasteiger partial charge in [0, 0.05) is 17.8 Å². The minimum Gasteiger partial charge on any atom is -0.333 e. The van der Waals surface area contributed by atoms with Gasteiger partial charge in [-0.2, -0.15) is 5.10 Å². The highest BCUT2D eigenvalue weighted by atomic mass is 19.3. The summed E-state index contributed by atoms with van der Waals surface area (Å²) in [6, 6.07) is 7.71. The lowest BCUT2D eigenvalue weighted by molar-refractivity contribution is 0.0674. The van der Waals surface area contributed by atoms with Crippen LogP contribution in [0.2, 0.25) is 0 Å². The predicted octanol–water partition coefficient (Wildman–Crippen LogP) is 4.74. The number of carbonyl (C=O) groups excluding carboxylic acids is 1. The van der Waals surface area contributed by atoms with Gasteiger partial charge in [-0.05, 0) is 63.3 Å². The third kappa shape index (κ3) is 3.78. The molecule has 2 atom stereocenters. The fraction of sp³-hybridized carbons (Fsp3) is 0.409. The van der Waals surface area contributed by atoms with Crippen molar-refractivity contribution in [2.75, 3.05) is 0 Å². The molecule has 0 aliphatic carbocycles. The van der Waals surface area contributed by atoms with E-state index in [-0.39, 0.29) is 40.7 Å². The first kappa shape index (κ1) is 20.4. The molecule has 1 aromatic carbocycles. The Morgan fingerprint density at radius 2 is 1.97 bits per heavy atom. The van der Waals surface area contributed by atoms with Crippen molar-refractivity contribution in [1.29, 1.82) is 0 Å². The van der Waals surface area contributed by atoms with Crippen molar-refractivity contribution >= 4 is 11.6 Å². The van der Waals surface area contributed by atoms with Crippen LogP contribution in [0.3, 0.4) is 0 Å². The molecule has 0 radical (unpaired) electrons. The van der Waals surface area contributed by atoms with Gasteiger partial charge in [-0.25, -0.2) is 22.7 Å². The van der Waals surface area contributed by atoms with Crippen molar-refractivity contribution in [3.8, 4) is 0 Å². The molecule has 0 spiro atoms. The lowest BCUT2D eigenvalue weighted by Gasteiger charge is -2.28. The van der Waals surface area contributed by atoms with E-state index in [1.165, 1.54) is 24.4 Å². The summed E-state index contributed by atoms with van der Waals surface area (Å²) in [5.41, 5.74) is 1.54. The number of carbonyl (C=O) groups is 1. The summed E-state index contributed by atoms with van der Waals surface area (Å²) in [5, 5.41) is 4.02. The molecule has 158 valence electrons. The zero-order valence-electron chi connectivity index (χ0n) is 16.9. The van der Waals surface area contributed by atoms with E-state index in [1.54, 1.807) is 19.1 Å². The highest BCUT2D eigenvalue weighted by Crippen LogP contribution is 2.30. The van der Waals surface area contributed by atoms with Crippen LogP contribution in [0.1, 0.15) is 59.9 Å². The fourth-order valence-corrected chi connectivity index (χ4v) is 4.26. The number of halogens is 3. The molecule has 3 aromatic rings. The molecule has 5 nitrogen and oxygen atoms in total. The van der Waals surface area contributed by atoms with E-state index >= 15 is 0 Å². The van der Waals surface area contributed by atoms with E-state index in [9.17, 15) is 18.0 Å². The first-order valence-electron chi connectivity index (χ1n) is 10.1. The average molecular weight is 416 g/mol. The molecule has 0 saturated carbocycles. The van der Waals surface area contributed by atoms with Crippen molar-refractivity contribution in [2.24, 2.45) is 0 Å². The van der Waals surface area contributed by atoms with E-state index in [0.717, 1.165) is 35.8 Å². The van der Waals surface area contributed by atoms with Crippen LogP contribution in [0, 0.1) is 12.7 Å². The molecule has 4 rings (SSSR count). The van der Waals surface area contributed by atoms with Crippen LogP contribution < -0.4 is 0 Å². The van der Waals surface area contributed by atoms with Crippen molar-refractivity contribution in [3.05, 3.63) is 64.9 Å². The second-order valence-corrected chi connectivity index (χ2v) is 7.87. The maximum Gasteiger partial charge on any atom is 0.280 e. The summed E-state index contributed by atoms with van der Waals surface area (Å²) < 4.78 is 41.0. The largest absolute Gasteiger partial charge is 0.333 e. The number of amides is 1. The molecule has 8 heteroatoms. The Morgan fingerprint density at radius 3 is 2.67 bits per heavy atom. The average Bonchev–Trinajstić information content (AvgIpc) is 3.29. The minimum atomic E-state index is -2.72. The van der Waals surface area contributed by atoms with Gasteiger partial charge in [-0.3, -0.25) is 4.79 Å². The summed E-state index contributed by atoms with van der Waals surface area (Å²) in [6.07, 6.45) is 1.82. The summed E-state index contributed by atoms with van der Waals surface area (Å²) in [5.74, 6) is -0.512. The quantitative estimate of drug-likeness (QED) is 0.604. The Bertz CT molecular complexity index is 1060. The zero-order valence-corrected chi connectivity index (χ0v) is 16.9. The third-order valence-corrected chi connectivity index (χ3v) is 5.78. The van der Waals surface area contributed by atoms with E-state index in [1.807, 2.05) is 11.8 Å². The van der Waals surface area contributed by atoms with E-state index < -0.39 is 6.43 Å². The first-order valence-corrected chi connectivity index (χ1v) is 10.1. The smallest absolute Gasteiger partial charge is 0.280 e. The number of nitrogens with zero attached hydrogens (tertiary/aromatic N) is 4. The normalized spacial score (nSPS) is 19.2. The number of hydrogen-bond acceptors (Lipinski definition) is 3. The Balaban J connectivity index is 1.60. The lowest BCUT2D eigenvalue weighted by Crippen LogP contribution is -2.40. The Morgan fingerprint density at radius 1 is 1.23 bits per heavy atom. The van der Waals surface area contributed by atoms with Crippen LogP contribution in [0.5, 0.6) is 0 Å². The van der Waals surface area contributed by atoms with E-state index in [0.29, 0.717) is 5.69 Å². The maximum atomic E-state index is 13.4. The molecule has 0 unspecified atom stereocenters. The number of hydrogen-bond donors (Lipinski definition) is 0. The molecule has 1 fully saturated rings. The second kappa shape index (κ2) is 8.08. The molecule has 1 aliphatic rings. The zero-order chi connectivity index (χ0) is 21.4. The van der Waals surface area contributed by atoms with Gasteiger partial charge in [0.25, 0.3) is 12.3 Å². The highest BCUT2D eigenvalue weighted by Gasteiger charge is 2.36. The van der Waals surface area contributed by atoms with Crippen molar-refractivity contribution in [3.63, 3.8) is 0 Å². The maximum absolute atomic E-state index is 13.4. The fourth-order valence-electron chi connectivity index (χ4n) is 4.26. The summed E-state index contributed by atoms with van der Waals surface area (Å²) in [6.45, 7) is 3.61. The number of aryl methyl sites for hydroxylation is 2. The van der Waals surface area contributed by atoms with Gasteiger partial charge in [0.1, 0.15) is 17.1 Å². The van der Waals surface area contributed by atoms with Crippen molar-refractivity contribution in [2.45, 2.75) is 58.0 Å². The number of rotatable bonds is 5. The molecular weight excluding hydrogens is 393 g/mol. The van der Waals surface area contributed by atoms with E-state index in [4.69, 9.17) is 0 Å². The SMILES string of the molecule is Cc1cc(C(F)F)n2ncc(C(=O)N3[C@@H](CCc4ccc(F)cc4)CC[C@H]3C)c2n1. The number of benzene rings is 1. The van der Waals surface area contributed by atoms with Crippen molar-refractivity contribution < 1.29 is 18.0 Å².